The van der Waals surface area contributed by atoms with Crippen molar-refractivity contribution in [1.82, 2.24) is 10.1 Å². The van der Waals surface area contributed by atoms with Crippen LogP contribution in [0.15, 0.2) is 33.6 Å². The molecule has 7 heteroatoms. The van der Waals surface area contributed by atoms with Crippen LogP contribution in [-0.4, -0.2) is 49.4 Å². The summed E-state index contributed by atoms with van der Waals surface area (Å²) in [6.07, 6.45) is 0.532. The van der Waals surface area contributed by atoms with Crippen molar-refractivity contribution >= 4 is 17.3 Å². The number of aryl methyl sites for hydroxylation is 1. The number of benzene rings is 1. The van der Waals surface area contributed by atoms with E-state index in [0.717, 1.165) is 44.0 Å². The van der Waals surface area contributed by atoms with E-state index in [1.807, 2.05) is 31.2 Å². The van der Waals surface area contributed by atoms with Crippen molar-refractivity contribution in [3.63, 3.8) is 0 Å². The molecule has 1 aliphatic rings. The minimum Gasteiger partial charge on any atom is -0.379 e. The lowest BCUT2D eigenvalue weighted by Crippen LogP contribution is -2.39. The highest BCUT2D eigenvalue weighted by Gasteiger charge is 2.16. The van der Waals surface area contributed by atoms with Gasteiger partial charge in [0, 0.05) is 43.2 Å². The van der Waals surface area contributed by atoms with Gasteiger partial charge in [-0.25, -0.2) is 4.79 Å². The lowest BCUT2D eigenvalue weighted by molar-refractivity contribution is 0.0398. The smallest absolute Gasteiger partial charge is 0.379 e. The topological polar surface area (TPSA) is 67.6 Å². The molecule has 2 heterocycles. The Balaban J connectivity index is 1.75. The van der Waals surface area contributed by atoms with E-state index in [4.69, 9.17) is 20.9 Å². The number of halogens is 1. The lowest BCUT2D eigenvalue weighted by Gasteiger charge is -2.26. The molecule has 1 aromatic carbocycles. The third-order valence-corrected chi connectivity index (χ3v) is 4.74. The van der Waals surface area contributed by atoms with Crippen molar-refractivity contribution in [2.24, 2.45) is 0 Å². The van der Waals surface area contributed by atoms with Crippen LogP contribution in [0.25, 0.3) is 0 Å². The van der Waals surface area contributed by atoms with Gasteiger partial charge in [-0.05, 0) is 18.6 Å². The molecule has 25 heavy (non-hydrogen) atoms. The standard InChI is InChI=1S/C18H22ClN3O3/c1-13-15(12-14-4-2-3-5-16(14)19)17(18(23)25-21-13)20-6-7-22-8-10-24-11-9-22/h2-5,20H,6-12H2,1H3. The Morgan fingerprint density at radius 3 is 2.80 bits per heavy atom. The van der Waals surface area contributed by atoms with Crippen LogP contribution >= 0.6 is 11.6 Å². The summed E-state index contributed by atoms with van der Waals surface area (Å²) in [6.45, 7) is 6.68. The second kappa shape index (κ2) is 8.47. The van der Waals surface area contributed by atoms with E-state index in [2.05, 4.69) is 15.4 Å². The predicted molar refractivity (Wildman–Crippen MR) is 97.5 cm³/mol. The zero-order chi connectivity index (χ0) is 17.6. The molecule has 0 spiro atoms. The Morgan fingerprint density at radius 1 is 1.28 bits per heavy atom. The molecule has 3 rings (SSSR count). The van der Waals surface area contributed by atoms with Crippen LogP contribution in [-0.2, 0) is 11.2 Å². The SMILES string of the molecule is Cc1noc(=O)c(NCCN2CCOCC2)c1Cc1ccccc1Cl. The molecule has 1 fully saturated rings. The summed E-state index contributed by atoms with van der Waals surface area (Å²) in [4.78, 5) is 14.5. The molecule has 0 atom stereocenters. The van der Waals surface area contributed by atoms with Gasteiger partial charge in [-0.15, -0.1) is 0 Å². The van der Waals surface area contributed by atoms with Crippen LogP contribution in [0.4, 0.5) is 5.69 Å². The fourth-order valence-corrected chi connectivity index (χ4v) is 3.11. The summed E-state index contributed by atoms with van der Waals surface area (Å²) in [5.41, 5.74) is 2.49. The first-order chi connectivity index (χ1) is 12.1. The number of aromatic nitrogens is 1. The molecule has 0 bridgehead atoms. The number of anilines is 1. The van der Waals surface area contributed by atoms with Crippen LogP contribution < -0.4 is 10.9 Å². The van der Waals surface area contributed by atoms with Crippen molar-refractivity contribution in [1.29, 1.82) is 0 Å². The van der Waals surface area contributed by atoms with Crippen LogP contribution in [0.3, 0.4) is 0 Å². The average molecular weight is 364 g/mol. The summed E-state index contributed by atoms with van der Waals surface area (Å²) < 4.78 is 10.3. The number of nitrogens with zero attached hydrogens (tertiary/aromatic N) is 2. The molecule has 0 aliphatic carbocycles. The molecule has 6 nitrogen and oxygen atoms in total. The number of nitrogens with one attached hydrogen (secondary N) is 1. The number of morpholine rings is 1. The highest BCUT2D eigenvalue weighted by Crippen LogP contribution is 2.23. The molecule has 2 aromatic rings. The first-order valence-corrected chi connectivity index (χ1v) is 8.80. The fourth-order valence-electron chi connectivity index (χ4n) is 2.91. The van der Waals surface area contributed by atoms with E-state index >= 15 is 0 Å². The van der Waals surface area contributed by atoms with E-state index in [-0.39, 0.29) is 0 Å². The largest absolute Gasteiger partial charge is 0.381 e. The third kappa shape index (κ3) is 4.60. The van der Waals surface area contributed by atoms with Gasteiger partial charge in [0.15, 0.2) is 0 Å². The maximum absolute atomic E-state index is 12.2. The number of hydrogen-bond acceptors (Lipinski definition) is 6. The van der Waals surface area contributed by atoms with Gasteiger partial charge < -0.3 is 14.6 Å². The van der Waals surface area contributed by atoms with E-state index in [9.17, 15) is 4.79 Å². The van der Waals surface area contributed by atoms with Gasteiger partial charge in [0.05, 0.1) is 18.9 Å². The second-order valence-electron chi connectivity index (χ2n) is 6.06. The maximum Gasteiger partial charge on any atom is 0.381 e. The predicted octanol–water partition coefficient (Wildman–Crippen LogP) is 2.33. The zero-order valence-corrected chi connectivity index (χ0v) is 15.0. The van der Waals surface area contributed by atoms with E-state index in [1.165, 1.54) is 0 Å². The maximum atomic E-state index is 12.2. The van der Waals surface area contributed by atoms with Gasteiger partial charge in [0.1, 0.15) is 5.69 Å². The van der Waals surface area contributed by atoms with Crippen molar-refractivity contribution in [2.45, 2.75) is 13.3 Å². The average Bonchev–Trinajstić information content (AvgIpc) is 2.63. The molecule has 0 saturated carbocycles. The number of hydrogen-bond donors (Lipinski definition) is 1. The van der Waals surface area contributed by atoms with E-state index in [1.54, 1.807) is 0 Å². The van der Waals surface area contributed by atoms with Gasteiger partial charge in [-0.3, -0.25) is 4.90 Å². The normalized spacial score (nSPS) is 15.3. The lowest BCUT2D eigenvalue weighted by atomic mass is 10.0. The summed E-state index contributed by atoms with van der Waals surface area (Å²) in [5.74, 6) is 0. The number of rotatable bonds is 6. The number of ether oxygens (including phenoxy) is 1. The molecule has 1 aliphatic heterocycles. The van der Waals surface area contributed by atoms with Crippen LogP contribution in [0.5, 0.6) is 0 Å². The van der Waals surface area contributed by atoms with Crippen molar-refractivity contribution in [3.05, 3.63) is 56.5 Å². The highest BCUT2D eigenvalue weighted by molar-refractivity contribution is 6.31. The molecule has 0 unspecified atom stereocenters. The molecule has 134 valence electrons. The Hall–Kier alpha value is -1.89. The molecule has 1 saturated heterocycles. The Bertz CT molecular complexity index is 772. The van der Waals surface area contributed by atoms with Crippen molar-refractivity contribution in [3.8, 4) is 0 Å². The molecule has 1 aromatic heterocycles. The molecule has 1 N–H and O–H groups in total. The van der Waals surface area contributed by atoms with Crippen LogP contribution in [0, 0.1) is 6.92 Å². The first-order valence-electron chi connectivity index (χ1n) is 8.42. The zero-order valence-electron chi connectivity index (χ0n) is 14.3. The second-order valence-corrected chi connectivity index (χ2v) is 6.47. The molecule has 0 radical (unpaired) electrons. The Labute approximate surface area is 151 Å². The van der Waals surface area contributed by atoms with Crippen molar-refractivity contribution < 1.29 is 9.26 Å². The summed E-state index contributed by atoms with van der Waals surface area (Å²) in [6, 6.07) is 7.61. The molecular formula is C18H22ClN3O3. The quantitative estimate of drug-likeness (QED) is 0.849. The summed E-state index contributed by atoms with van der Waals surface area (Å²) >= 11 is 6.26. The molecular weight excluding hydrogens is 342 g/mol. The van der Waals surface area contributed by atoms with Crippen LogP contribution in [0.2, 0.25) is 5.02 Å². The van der Waals surface area contributed by atoms with Crippen LogP contribution in [0.1, 0.15) is 16.8 Å². The van der Waals surface area contributed by atoms with E-state index < -0.39 is 5.63 Å². The van der Waals surface area contributed by atoms with Crippen molar-refractivity contribution in [2.75, 3.05) is 44.7 Å². The monoisotopic (exact) mass is 363 g/mol. The van der Waals surface area contributed by atoms with Gasteiger partial charge in [0.25, 0.3) is 0 Å². The first kappa shape index (κ1) is 17.9. The van der Waals surface area contributed by atoms with Gasteiger partial charge >= 0.3 is 5.63 Å². The Morgan fingerprint density at radius 2 is 2.04 bits per heavy atom. The molecule has 0 amide bonds. The minimum absolute atomic E-state index is 0.449. The van der Waals surface area contributed by atoms with Gasteiger partial charge in [-0.2, -0.15) is 0 Å². The highest BCUT2D eigenvalue weighted by atomic mass is 35.5. The summed E-state index contributed by atoms with van der Waals surface area (Å²) in [7, 11) is 0. The summed E-state index contributed by atoms with van der Waals surface area (Å²) in [5, 5.41) is 7.78. The third-order valence-electron chi connectivity index (χ3n) is 4.37. The minimum atomic E-state index is -0.449. The Kier molecular flexibility index (Phi) is 6.07. The van der Waals surface area contributed by atoms with Gasteiger partial charge in [0.2, 0.25) is 0 Å². The van der Waals surface area contributed by atoms with E-state index in [0.29, 0.717) is 29.4 Å². The van der Waals surface area contributed by atoms with Gasteiger partial charge in [-0.1, -0.05) is 35.0 Å². The fraction of sp³-hybridized carbons (Fsp3) is 0.444.